The molecule has 0 N–H and O–H groups in total. The molecule has 0 unspecified atom stereocenters. The third kappa shape index (κ3) is 8.44. The summed E-state index contributed by atoms with van der Waals surface area (Å²) in [6.45, 7) is 3.30. The van der Waals surface area contributed by atoms with E-state index in [1.54, 1.807) is 0 Å². The largest absolute Gasteiger partial charge is 0.368 e. The van der Waals surface area contributed by atoms with Crippen LogP contribution in [0.3, 0.4) is 0 Å². The zero-order valence-electron chi connectivity index (χ0n) is 22.1. The van der Waals surface area contributed by atoms with Gasteiger partial charge in [-0.2, -0.15) is 0 Å². The topological polar surface area (TPSA) is 152 Å². The number of carbonyl (C=O) groups is 6. The Kier molecular flexibility index (Phi) is 9.86. The maximum atomic E-state index is 13.0. The van der Waals surface area contributed by atoms with Gasteiger partial charge >= 0.3 is 23.9 Å². The van der Waals surface area contributed by atoms with E-state index in [4.69, 9.17) is 19.4 Å². The first-order valence-electron chi connectivity index (χ1n) is 13.7. The minimum atomic E-state index is -1.65. The summed E-state index contributed by atoms with van der Waals surface area (Å²) in [5, 5.41) is 4.88. The summed E-state index contributed by atoms with van der Waals surface area (Å²) in [5.41, 5.74) is -1.65. The summed E-state index contributed by atoms with van der Waals surface area (Å²) in [4.78, 5) is 97.5. The number of hydroxylamine groups is 8. The van der Waals surface area contributed by atoms with Gasteiger partial charge in [-0.25, -0.2) is 4.79 Å². The summed E-state index contributed by atoms with van der Waals surface area (Å²) in [5.74, 6) is -4.60. The maximum Gasteiger partial charge on any atom is 0.333 e. The first-order valence-corrected chi connectivity index (χ1v) is 13.7. The number of rotatable bonds is 12. The third-order valence-electron chi connectivity index (χ3n) is 7.16. The van der Waals surface area contributed by atoms with Crippen LogP contribution in [-0.4, -0.2) is 95.2 Å². The van der Waals surface area contributed by atoms with Crippen LogP contribution in [0.15, 0.2) is 0 Å². The lowest BCUT2D eigenvalue weighted by Crippen LogP contribution is -2.40. The molecule has 2 amide bonds. The molecule has 0 aromatic heterocycles. The van der Waals surface area contributed by atoms with E-state index in [0.29, 0.717) is 44.3 Å². The lowest BCUT2D eigenvalue weighted by molar-refractivity contribution is -0.205. The SMILES string of the molecule is O=C(CC(CC(=O)ON1CCCC1)(CC(=O)ON1CCCC1)CC(=O)ON1C(=O)CCC1=O)ON1CCCC1. The second-order valence-corrected chi connectivity index (χ2v) is 10.6. The van der Waals surface area contributed by atoms with Crippen LogP contribution in [0.5, 0.6) is 0 Å². The standard InChI is InChI=1S/C25H36N4O10/c30-19-7-8-20(31)29(19)39-24(35)18-25(15-21(32)36-26-9-1-2-10-26,16-22(33)37-27-11-3-4-12-27)17-23(34)38-28-13-5-6-14-28/h1-18H2. The summed E-state index contributed by atoms with van der Waals surface area (Å²) in [6.07, 6.45) is 2.82. The molecule has 0 aromatic carbocycles. The highest BCUT2D eigenvalue weighted by molar-refractivity contribution is 6.01. The Labute approximate surface area is 226 Å². The minimum Gasteiger partial charge on any atom is -0.368 e. The van der Waals surface area contributed by atoms with Gasteiger partial charge in [-0.15, -0.1) is 20.3 Å². The van der Waals surface area contributed by atoms with Crippen molar-refractivity contribution < 1.29 is 48.1 Å². The van der Waals surface area contributed by atoms with Gasteiger partial charge in [-0.3, -0.25) is 24.0 Å². The first kappa shape index (κ1) is 28.9. The molecule has 0 radical (unpaired) electrons. The van der Waals surface area contributed by atoms with E-state index < -0.39 is 66.8 Å². The van der Waals surface area contributed by atoms with Crippen LogP contribution in [0.2, 0.25) is 0 Å². The molecule has 0 aromatic rings. The lowest BCUT2D eigenvalue weighted by Gasteiger charge is -2.32. The Hall–Kier alpha value is -3.10. The Balaban J connectivity index is 1.53. The van der Waals surface area contributed by atoms with Crippen LogP contribution in [0.4, 0.5) is 0 Å². The Morgan fingerprint density at radius 3 is 1.10 bits per heavy atom. The van der Waals surface area contributed by atoms with E-state index in [0.717, 1.165) is 38.5 Å². The van der Waals surface area contributed by atoms with Crippen molar-refractivity contribution in [2.24, 2.45) is 5.41 Å². The fourth-order valence-corrected chi connectivity index (χ4v) is 5.26. The molecule has 14 nitrogen and oxygen atoms in total. The van der Waals surface area contributed by atoms with Crippen LogP contribution in [-0.2, 0) is 48.1 Å². The highest BCUT2D eigenvalue weighted by Crippen LogP contribution is 2.38. The number of amides is 2. The van der Waals surface area contributed by atoms with Crippen molar-refractivity contribution in [3.63, 3.8) is 0 Å². The lowest BCUT2D eigenvalue weighted by atomic mass is 9.75. The minimum absolute atomic E-state index is 0.0935. The molecule has 14 heteroatoms. The van der Waals surface area contributed by atoms with Crippen molar-refractivity contribution >= 4 is 35.7 Å². The van der Waals surface area contributed by atoms with Crippen LogP contribution in [0.1, 0.15) is 77.0 Å². The van der Waals surface area contributed by atoms with Crippen LogP contribution in [0.25, 0.3) is 0 Å². The van der Waals surface area contributed by atoms with E-state index in [2.05, 4.69) is 0 Å². The number of carbonyl (C=O) groups excluding carboxylic acids is 6. The summed E-state index contributed by atoms with van der Waals surface area (Å²) < 4.78 is 0. The van der Waals surface area contributed by atoms with Gasteiger partial charge in [-0.05, 0) is 38.5 Å². The molecule has 0 saturated carbocycles. The number of hydrogen-bond acceptors (Lipinski definition) is 13. The fourth-order valence-electron chi connectivity index (χ4n) is 5.26. The zero-order chi connectivity index (χ0) is 27.8. The predicted molar refractivity (Wildman–Crippen MR) is 129 cm³/mol. The van der Waals surface area contributed by atoms with Gasteiger partial charge in [0.2, 0.25) is 0 Å². The molecule has 4 heterocycles. The molecule has 4 rings (SSSR count). The van der Waals surface area contributed by atoms with Crippen molar-refractivity contribution in [3.05, 3.63) is 0 Å². The van der Waals surface area contributed by atoms with Gasteiger partial charge in [0.05, 0.1) is 25.7 Å². The summed E-state index contributed by atoms with van der Waals surface area (Å²) >= 11 is 0. The normalized spacial score (nSPS) is 21.0. The number of imide groups is 1. The average molecular weight is 553 g/mol. The number of nitrogens with zero attached hydrogens (tertiary/aromatic N) is 4. The van der Waals surface area contributed by atoms with Crippen molar-refractivity contribution in [1.82, 2.24) is 20.3 Å². The molecule has 0 atom stereocenters. The van der Waals surface area contributed by atoms with Crippen molar-refractivity contribution in [2.75, 3.05) is 39.3 Å². The predicted octanol–water partition coefficient (Wildman–Crippen LogP) is 0.802. The van der Waals surface area contributed by atoms with E-state index in [9.17, 15) is 28.8 Å². The van der Waals surface area contributed by atoms with Crippen molar-refractivity contribution in [1.29, 1.82) is 0 Å². The molecule has 0 bridgehead atoms. The zero-order valence-corrected chi connectivity index (χ0v) is 22.1. The average Bonchev–Trinajstić information content (AvgIpc) is 3.67. The van der Waals surface area contributed by atoms with E-state index in [1.165, 1.54) is 15.2 Å². The van der Waals surface area contributed by atoms with Gasteiger partial charge in [0.25, 0.3) is 11.8 Å². The third-order valence-corrected chi connectivity index (χ3v) is 7.16. The van der Waals surface area contributed by atoms with Crippen molar-refractivity contribution in [2.45, 2.75) is 77.0 Å². The molecular formula is C25H36N4O10. The van der Waals surface area contributed by atoms with Crippen LogP contribution >= 0.6 is 0 Å². The Morgan fingerprint density at radius 2 is 0.795 bits per heavy atom. The summed E-state index contributed by atoms with van der Waals surface area (Å²) in [7, 11) is 0. The number of hydrogen-bond donors (Lipinski definition) is 0. The molecule has 4 aliphatic rings. The van der Waals surface area contributed by atoms with Gasteiger partial charge in [0, 0.05) is 57.5 Å². The molecule has 4 aliphatic heterocycles. The smallest absolute Gasteiger partial charge is 0.333 e. The van der Waals surface area contributed by atoms with Gasteiger partial charge in [0.15, 0.2) is 0 Å². The maximum absolute atomic E-state index is 13.0. The van der Waals surface area contributed by atoms with E-state index in [-0.39, 0.29) is 12.8 Å². The molecule has 0 aliphatic carbocycles. The molecule has 216 valence electrons. The molecule has 0 spiro atoms. The monoisotopic (exact) mass is 552 g/mol. The van der Waals surface area contributed by atoms with E-state index >= 15 is 0 Å². The molecule has 39 heavy (non-hydrogen) atoms. The quantitative estimate of drug-likeness (QED) is 0.314. The highest BCUT2D eigenvalue weighted by Gasteiger charge is 2.44. The second kappa shape index (κ2) is 13.3. The van der Waals surface area contributed by atoms with Gasteiger partial charge in [-0.1, -0.05) is 0 Å². The van der Waals surface area contributed by atoms with Gasteiger partial charge < -0.3 is 19.4 Å². The molecule has 4 saturated heterocycles. The van der Waals surface area contributed by atoms with Crippen LogP contribution in [0, 0.1) is 5.41 Å². The Bertz CT molecular complexity index is 860. The molecule has 4 fully saturated rings. The van der Waals surface area contributed by atoms with Crippen molar-refractivity contribution in [3.8, 4) is 0 Å². The Morgan fingerprint density at radius 1 is 0.513 bits per heavy atom. The van der Waals surface area contributed by atoms with Gasteiger partial charge in [0.1, 0.15) is 0 Å². The molecular weight excluding hydrogens is 516 g/mol. The first-order chi connectivity index (χ1) is 18.7. The van der Waals surface area contributed by atoms with E-state index in [1.807, 2.05) is 0 Å². The second-order valence-electron chi connectivity index (χ2n) is 10.6. The summed E-state index contributed by atoms with van der Waals surface area (Å²) in [6, 6.07) is 0. The highest BCUT2D eigenvalue weighted by atomic mass is 16.7. The fraction of sp³-hybridized carbons (Fsp3) is 0.760. The van der Waals surface area contributed by atoms with Crippen LogP contribution < -0.4 is 0 Å².